The summed E-state index contributed by atoms with van der Waals surface area (Å²) >= 11 is 0. The topological polar surface area (TPSA) is 109 Å². The number of aromatic nitrogens is 5. The maximum Gasteiger partial charge on any atom is 0.190 e. The van der Waals surface area contributed by atoms with Gasteiger partial charge in [-0.05, 0) is 59.0 Å². The van der Waals surface area contributed by atoms with E-state index in [9.17, 15) is 0 Å². The molecule has 0 radical (unpaired) electrons. The molecule has 0 amide bonds. The molecule has 6 heterocycles. The molecular formula is C30H41N7O5. The summed E-state index contributed by atoms with van der Waals surface area (Å²) in [5.74, 6) is -1.49. The molecule has 0 saturated carbocycles. The van der Waals surface area contributed by atoms with E-state index in [1.807, 2.05) is 75.2 Å². The van der Waals surface area contributed by atoms with Crippen LogP contribution in [0.15, 0.2) is 55.0 Å². The lowest BCUT2D eigenvalue weighted by molar-refractivity contribution is -0.236. The molecule has 3 aromatic heterocycles. The summed E-state index contributed by atoms with van der Waals surface area (Å²) < 4.78 is 32.8. The van der Waals surface area contributed by atoms with Crippen molar-refractivity contribution in [2.45, 2.75) is 96.2 Å². The molecule has 226 valence electrons. The Labute approximate surface area is 246 Å². The van der Waals surface area contributed by atoms with Gasteiger partial charge in [-0.2, -0.15) is 0 Å². The third-order valence-electron chi connectivity index (χ3n) is 7.66. The highest BCUT2D eigenvalue weighted by Gasteiger charge is 2.60. The predicted octanol–water partition coefficient (Wildman–Crippen LogP) is 2.60. The van der Waals surface area contributed by atoms with Gasteiger partial charge in [0.1, 0.15) is 24.4 Å². The number of fused-ring (bicyclic) bond motifs is 3. The van der Waals surface area contributed by atoms with E-state index in [1.54, 1.807) is 0 Å². The SMILES string of the molecule is CN(CCN(Cc1ccccn1)Cc1ccccn1)Cc1cn(C[C@H]2O[C@@H]3OC(C)(C)O[C@@H]3[C@H]3OC(C)(C)O[C@H]32)nn1. The maximum atomic E-state index is 6.34. The van der Waals surface area contributed by atoms with Gasteiger partial charge in [0.2, 0.25) is 0 Å². The van der Waals surface area contributed by atoms with Crippen LogP contribution in [0.3, 0.4) is 0 Å². The van der Waals surface area contributed by atoms with Crippen molar-refractivity contribution in [3.8, 4) is 0 Å². The first-order chi connectivity index (χ1) is 20.1. The number of hydrogen-bond donors (Lipinski definition) is 0. The zero-order chi connectivity index (χ0) is 29.3. The summed E-state index contributed by atoms with van der Waals surface area (Å²) in [7, 11) is 2.10. The van der Waals surface area contributed by atoms with Crippen LogP contribution in [0.2, 0.25) is 0 Å². The number of ether oxygens (including phenoxy) is 5. The average Bonchev–Trinajstić information content (AvgIpc) is 3.62. The van der Waals surface area contributed by atoms with E-state index in [0.717, 1.165) is 43.3 Å². The van der Waals surface area contributed by atoms with Gasteiger partial charge in [-0.3, -0.25) is 19.8 Å². The second-order valence-corrected chi connectivity index (χ2v) is 12.2. The quantitative estimate of drug-likeness (QED) is 0.334. The minimum atomic E-state index is -0.749. The highest BCUT2D eigenvalue weighted by Crippen LogP contribution is 2.44. The molecule has 0 spiro atoms. The van der Waals surface area contributed by atoms with Gasteiger partial charge >= 0.3 is 0 Å². The number of nitrogens with zero attached hydrogens (tertiary/aromatic N) is 7. The van der Waals surface area contributed by atoms with E-state index in [0.29, 0.717) is 13.1 Å². The number of rotatable bonds is 11. The van der Waals surface area contributed by atoms with Gasteiger partial charge in [0.25, 0.3) is 0 Å². The Kier molecular flexibility index (Phi) is 8.38. The highest BCUT2D eigenvalue weighted by atomic mass is 16.9. The molecule has 12 nitrogen and oxygen atoms in total. The number of pyridine rings is 2. The van der Waals surface area contributed by atoms with Gasteiger partial charge in [-0.1, -0.05) is 17.3 Å². The second-order valence-electron chi connectivity index (χ2n) is 12.2. The van der Waals surface area contributed by atoms with E-state index in [1.165, 1.54) is 0 Å². The summed E-state index contributed by atoms with van der Waals surface area (Å²) in [6, 6.07) is 12.0. The Morgan fingerprint density at radius 2 is 1.40 bits per heavy atom. The Morgan fingerprint density at radius 3 is 2.07 bits per heavy atom. The summed E-state index contributed by atoms with van der Waals surface area (Å²) in [6.45, 7) is 11.9. The van der Waals surface area contributed by atoms with Crippen molar-refractivity contribution in [3.63, 3.8) is 0 Å². The third-order valence-corrected chi connectivity index (χ3v) is 7.66. The molecule has 0 N–H and O–H groups in total. The zero-order valence-electron chi connectivity index (χ0n) is 25.0. The van der Waals surface area contributed by atoms with Gasteiger partial charge < -0.3 is 23.7 Å². The predicted molar refractivity (Wildman–Crippen MR) is 151 cm³/mol. The average molecular weight is 580 g/mol. The van der Waals surface area contributed by atoms with Crippen LogP contribution in [0, 0.1) is 0 Å². The lowest BCUT2D eigenvalue weighted by Gasteiger charge is -2.37. The Balaban J connectivity index is 1.05. The Morgan fingerprint density at radius 1 is 0.762 bits per heavy atom. The van der Waals surface area contributed by atoms with E-state index in [4.69, 9.17) is 23.7 Å². The lowest BCUT2D eigenvalue weighted by atomic mass is 9.99. The fraction of sp³-hybridized carbons (Fsp3) is 0.600. The van der Waals surface area contributed by atoms with Crippen LogP contribution >= 0.6 is 0 Å². The molecule has 3 fully saturated rings. The van der Waals surface area contributed by atoms with Crippen molar-refractivity contribution in [1.82, 2.24) is 34.8 Å². The molecule has 5 atom stereocenters. The normalized spacial score (nSPS) is 27.8. The van der Waals surface area contributed by atoms with Crippen molar-refractivity contribution in [3.05, 3.63) is 72.1 Å². The lowest BCUT2D eigenvalue weighted by Crippen LogP contribution is -2.56. The van der Waals surface area contributed by atoms with Crippen LogP contribution in [0.4, 0.5) is 0 Å². The Bertz CT molecular complexity index is 1270. The van der Waals surface area contributed by atoms with E-state index in [-0.39, 0.29) is 24.4 Å². The minimum Gasteiger partial charge on any atom is -0.342 e. The third kappa shape index (κ3) is 7.03. The number of hydrogen-bond acceptors (Lipinski definition) is 11. The summed E-state index contributed by atoms with van der Waals surface area (Å²) in [5.41, 5.74) is 2.96. The van der Waals surface area contributed by atoms with Gasteiger partial charge in [0, 0.05) is 51.3 Å². The molecule has 0 unspecified atom stereocenters. The van der Waals surface area contributed by atoms with E-state index < -0.39 is 17.9 Å². The van der Waals surface area contributed by atoms with Gasteiger partial charge in [-0.25, -0.2) is 4.68 Å². The molecule has 6 rings (SSSR count). The van der Waals surface area contributed by atoms with Crippen molar-refractivity contribution in [2.24, 2.45) is 0 Å². The fourth-order valence-corrected chi connectivity index (χ4v) is 5.85. The molecule has 0 aliphatic carbocycles. The van der Waals surface area contributed by atoms with Crippen LogP contribution in [0.1, 0.15) is 44.8 Å². The molecule has 3 aliphatic heterocycles. The first-order valence-electron chi connectivity index (χ1n) is 14.6. The largest absolute Gasteiger partial charge is 0.342 e. The van der Waals surface area contributed by atoms with Gasteiger partial charge in [0.15, 0.2) is 17.9 Å². The van der Waals surface area contributed by atoms with Gasteiger partial charge in [0.05, 0.1) is 23.6 Å². The van der Waals surface area contributed by atoms with Crippen LogP contribution in [-0.2, 0) is 49.9 Å². The summed E-state index contributed by atoms with van der Waals surface area (Å²) in [4.78, 5) is 13.7. The molecule has 3 saturated heterocycles. The highest BCUT2D eigenvalue weighted by molar-refractivity contribution is 5.06. The van der Waals surface area contributed by atoms with Gasteiger partial charge in [-0.15, -0.1) is 5.10 Å². The van der Waals surface area contributed by atoms with Crippen LogP contribution in [0.25, 0.3) is 0 Å². The number of likely N-dealkylation sites (N-methyl/N-ethyl adjacent to an activating group) is 1. The molecule has 12 heteroatoms. The van der Waals surface area contributed by atoms with Crippen molar-refractivity contribution in [2.75, 3.05) is 20.1 Å². The van der Waals surface area contributed by atoms with E-state index >= 15 is 0 Å². The minimum absolute atomic E-state index is 0.292. The van der Waals surface area contributed by atoms with Crippen molar-refractivity contribution in [1.29, 1.82) is 0 Å². The molecule has 42 heavy (non-hydrogen) atoms. The molecular weight excluding hydrogens is 538 g/mol. The second kappa shape index (κ2) is 12.0. The smallest absolute Gasteiger partial charge is 0.190 e. The molecule has 3 aliphatic rings. The first kappa shape index (κ1) is 29.2. The summed E-state index contributed by atoms with van der Waals surface area (Å²) in [5, 5.41) is 8.84. The standard InChI is InChI=1S/C30H41N7O5/c1-29(2)39-25-24(38-28-27(26(25)40-29)41-30(3,4)42-28)20-37-19-23(33-34-37)16-35(5)14-15-36(17-21-10-6-8-12-31-21)18-22-11-7-9-13-32-22/h6-13,19,24-28H,14-18,20H2,1-5H3/t24-,25+,26+,27-,28-/m1/s1. The first-order valence-corrected chi connectivity index (χ1v) is 14.6. The van der Waals surface area contributed by atoms with Crippen LogP contribution in [0.5, 0.6) is 0 Å². The Hall–Kier alpha value is -2.84. The van der Waals surface area contributed by atoms with Crippen molar-refractivity contribution < 1.29 is 23.7 Å². The fourth-order valence-electron chi connectivity index (χ4n) is 5.85. The zero-order valence-corrected chi connectivity index (χ0v) is 25.0. The van der Waals surface area contributed by atoms with Crippen LogP contribution in [-0.4, -0.2) is 97.2 Å². The molecule has 3 aromatic rings. The van der Waals surface area contributed by atoms with E-state index in [2.05, 4.69) is 49.3 Å². The van der Waals surface area contributed by atoms with Crippen molar-refractivity contribution >= 4 is 0 Å². The molecule has 0 aromatic carbocycles. The molecule has 0 bridgehead atoms. The van der Waals surface area contributed by atoms with Crippen LogP contribution < -0.4 is 0 Å². The monoisotopic (exact) mass is 579 g/mol. The maximum absolute atomic E-state index is 6.34. The summed E-state index contributed by atoms with van der Waals surface area (Å²) in [6.07, 6.45) is 3.84.